The van der Waals surface area contributed by atoms with Crippen LogP contribution in [0.5, 0.6) is 0 Å². The number of carbonyl (C=O) groups excluding carboxylic acids is 1. The van der Waals surface area contributed by atoms with Gasteiger partial charge >= 0.3 is 5.97 Å². The fourth-order valence-corrected chi connectivity index (χ4v) is 3.87. The molecule has 0 atom stereocenters. The Morgan fingerprint density at radius 3 is 2.46 bits per heavy atom. The van der Waals surface area contributed by atoms with E-state index in [0.29, 0.717) is 0 Å². The number of methoxy groups -OCH3 is 1. The van der Waals surface area contributed by atoms with Gasteiger partial charge in [-0.3, -0.25) is 0 Å². The van der Waals surface area contributed by atoms with Crippen LogP contribution in [0.1, 0.15) is 0 Å². The lowest BCUT2D eigenvalue weighted by atomic mass is 10.2. The highest BCUT2D eigenvalue weighted by atomic mass is 32.2. The summed E-state index contributed by atoms with van der Waals surface area (Å²) < 4.78 is 56.7. The molecule has 1 aliphatic heterocycles. The summed E-state index contributed by atoms with van der Waals surface area (Å²) in [6.45, 7) is 0. The molecule has 24 heavy (non-hydrogen) atoms. The van der Waals surface area contributed by atoms with Crippen molar-refractivity contribution in [3.05, 3.63) is 65.2 Å². The predicted octanol–water partition coefficient (Wildman–Crippen LogP) is 2.90. The molecule has 0 bridgehead atoms. The normalized spacial score (nSPS) is 15.5. The first-order valence-corrected chi connectivity index (χ1v) is 8.22. The molecule has 124 valence electrons. The van der Waals surface area contributed by atoms with Gasteiger partial charge in [-0.25, -0.2) is 22.0 Å². The first-order chi connectivity index (χ1) is 11.3. The summed E-state index contributed by atoms with van der Waals surface area (Å²) in [6.07, 6.45) is 1.04. The summed E-state index contributed by atoms with van der Waals surface area (Å²) in [7, 11) is -3.22. The second-order valence-electron chi connectivity index (χ2n) is 4.95. The molecule has 5 nitrogen and oxygen atoms in total. The minimum Gasteiger partial charge on any atom is -0.465 e. The predicted molar refractivity (Wildman–Crippen MR) is 82.2 cm³/mol. The van der Waals surface area contributed by atoms with Crippen LogP contribution in [0.25, 0.3) is 0 Å². The maximum Gasteiger partial charge on any atom is 0.351 e. The topological polar surface area (TPSA) is 63.7 Å². The number of ether oxygens (including phenoxy) is 1. The Morgan fingerprint density at radius 1 is 1.08 bits per heavy atom. The maximum atomic E-state index is 13.6. The Hall–Kier alpha value is -2.74. The third-order valence-electron chi connectivity index (χ3n) is 3.48. The van der Waals surface area contributed by atoms with E-state index in [9.17, 15) is 22.0 Å². The van der Waals surface area contributed by atoms with E-state index in [1.165, 1.54) is 29.2 Å². The molecule has 3 rings (SSSR count). The van der Waals surface area contributed by atoms with Gasteiger partial charge in [0, 0.05) is 11.9 Å². The molecule has 2 aromatic carbocycles. The molecule has 0 radical (unpaired) electrons. The Kier molecular flexibility index (Phi) is 3.84. The van der Waals surface area contributed by atoms with E-state index in [1.807, 2.05) is 0 Å². The van der Waals surface area contributed by atoms with Crippen LogP contribution in [0.2, 0.25) is 0 Å². The molecule has 2 aromatic rings. The molecule has 8 heteroatoms. The summed E-state index contributed by atoms with van der Waals surface area (Å²) in [5, 5.41) is 0. The number of nitrogens with zero attached hydrogens (tertiary/aromatic N) is 1. The molecule has 1 aliphatic rings. The van der Waals surface area contributed by atoms with Gasteiger partial charge in [0.1, 0.15) is 11.6 Å². The van der Waals surface area contributed by atoms with E-state index in [4.69, 9.17) is 0 Å². The third kappa shape index (κ3) is 2.54. The number of halogens is 2. The number of rotatable bonds is 2. The quantitative estimate of drug-likeness (QED) is 0.779. The Balaban J connectivity index is 2.30. The van der Waals surface area contributed by atoms with Gasteiger partial charge in [0.2, 0.25) is 9.84 Å². The lowest BCUT2D eigenvalue weighted by molar-refractivity contribution is -0.135. The summed E-state index contributed by atoms with van der Waals surface area (Å²) in [6, 6.07) is 8.49. The van der Waals surface area contributed by atoms with Crippen LogP contribution in [0.4, 0.5) is 20.2 Å². The van der Waals surface area contributed by atoms with Crippen LogP contribution in [0.15, 0.2) is 58.5 Å². The largest absolute Gasteiger partial charge is 0.465 e. The van der Waals surface area contributed by atoms with Gasteiger partial charge < -0.3 is 9.64 Å². The van der Waals surface area contributed by atoms with Crippen molar-refractivity contribution in [3.63, 3.8) is 0 Å². The zero-order chi connectivity index (χ0) is 17.5. The van der Waals surface area contributed by atoms with Crippen molar-refractivity contribution in [2.45, 2.75) is 4.90 Å². The molecule has 0 aliphatic carbocycles. The Labute approximate surface area is 136 Å². The molecule has 0 aromatic heterocycles. The van der Waals surface area contributed by atoms with Gasteiger partial charge in [0.05, 0.1) is 17.7 Å². The second kappa shape index (κ2) is 5.72. The van der Waals surface area contributed by atoms with E-state index in [2.05, 4.69) is 4.74 Å². The van der Waals surface area contributed by atoms with Crippen molar-refractivity contribution < 1.29 is 26.7 Å². The van der Waals surface area contributed by atoms with Crippen molar-refractivity contribution in [1.82, 2.24) is 0 Å². The summed E-state index contributed by atoms with van der Waals surface area (Å²) >= 11 is 0. The standard InChI is InChI=1S/C16H11F2NO4S/c1-23-16(20)15-9-19(12-4-2-3-10(17)7-12)13-6-5-11(18)8-14(13)24(15,21)22/h2-9H,1H3. The summed E-state index contributed by atoms with van der Waals surface area (Å²) in [5.74, 6) is -2.41. The van der Waals surface area contributed by atoms with Crippen molar-refractivity contribution in [3.8, 4) is 0 Å². The molecule has 0 unspecified atom stereocenters. The van der Waals surface area contributed by atoms with E-state index in [-0.39, 0.29) is 11.4 Å². The van der Waals surface area contributed by atoms with Gasteiger partial charge in [-0.05, 0) is 36.4 Å². The second-order valence-corrected chi connectivity index (χ2v) is 6.84. The lowest BCUT2D eigenvalue weighted by Crippen LogP contribution is -2.26. The average Bonchev–Trinajstić information content (AvgIpc) is 2.55. The van der Waals surface area contributed by atoms with Crippen molar-refractivity contribution in [1.29, 1.82) is 0 Å². The minimum absolute atomic E-state index is 0.106. The van der Waals surface area contributed by atoms with Crippen LogP contribution in [0.3, 0.4) is 0 Å². The fourth-order valence-electron chi connectivity index (χ4n) is 2.38. The zero-order valence-electron chi connectivity index (χ0n) is 12.4. The first-order valence-electron chi connectivity index (χ1n) is 6.74. The van der Waals surface area contributed by atoms with Gasteiger partial charge in [0.25, 0.3) is 0 Å². The number of anilines is 2. The molecule has 0 spiro atoms. The SMILES string of the molecule is COC(=O)C1=CN(c2cccc(F)c2)c2ccc(F)cc2S1(=O)=O. The Bertz CT molecular complexity index is 970. The van der Waals surface area contributed by atoms with Crippen LogP contribution >= 0.6 is 0 Å². The monoisotopic (exact) mass is 351 g/mol. The van der Waals surface area contributed by atoms with E-state index >= 15 is 0 Å². The summed E-state index contributed by atoms with van der Waals surface area (Å²) in [4.78, 5) is 12.1. The number of benzene rings is 2. The highest BCUT2D eigenvalue weighted by Gasteiger charge is 2.36. The van der Waals surface area contributed by atoms with Crippen molar-refractivity contribution in [2.24, 2.45) is 0 Å². The van der Waals surface area contributed by atoms with Crippen LogP contribution in [0, 0.1) is 11.6 Å². The smallest absolute Gasteiger partial charge is 0.351 e. The van der Waals surface area contributed by atoms with Gasteiger partial charge in [-0.2, -0.15) is 0 Å². The van der Waals surface area contributed by atoms with E-state index < -0.39 is 37.2 Å². The Morgan fingerprint density at radius 2 is 1.79 bits per heavy atom. The minimum atomic E-state index is -4.26. The highest BCUT2D eigenvalue weighted by Crippen LogP contribution is 2.40. The van der Waals surface area contributed by atoms with Gasteiger partial charge in [-0.15, -0.1) is 0 Å². The van der Waals surface area contributed by atoms with Crippen LogP contribution in [-0.4, -0.2) is 21.5 Å². The van der Waals surface area contributed by atoms with Gasteiger partial charge in [-0.1, -0.05) is 6.07 Å². The number of fused-ring (bicyclic) bond motifs is 1. The maximum absolute atomic E-state index is 13.6. The van der Waals surface area contributed by atoms with Crippen molar-refractivity contribution in [2.75, 3.05) is 12.0 Å². The lowest BCUT2D eigenvalue weighted by Gasteiger charge is -2.28. The molecule has 0 fully saturated rings. The highest BCUT2D eigenvalue weighted by molar-refractivity contribution is 7.96. The average molecular weight is 351 g/mol. The van der Waals surface area contributed by atoms with Crippen molar-refractivity contribution >= 4 is 27.2 Å². The van der Waals surface area contributed by atoms with E-state index in [1.54, 1.807) is 0 Å². The third-order valence-corrected chi connectivity index (χ3v) is 5.24. The fraction of sp³-hybridized carbons (Fsp3) is 0.0625. The van der Waals surface area contributed by atoms with Crippen LogP contribution in [-0.2, 0) is 19.4 Å². The number of hydrogen-bond donors (Lipinski definition) is 0. The molecule has 0 saturated heterocycles. The first kappa shape index (κ1) is 16.1. The number of esters is 1. The molecule has 0 N–H and O–H groups in total. The number of carbonyl (C=O) groups is 1. The number of hydrogen-bond acceptors (Lipinski definition) is 5. The van der Waals surface area contributed by atoms with Crippen LogP contribution < -0.4 is 4.90 Å². The summed E-state index contributed by atoms with van der Waals surface area (Å²) in [5.41, 5.74) is 0.383. The van der Waals surface area contributed by atoms with E-state index in [0.717, 1.165) is 31.5 Å². The zero-order valence-corrected chi connectivity index (χ0v) is 13.2. The molecule has 0 saturated carbocycles. The molecule has 0 amide bonds. The molecular weight excluding hydrogens is 340 g/mol. The molecule has 1 heterocycles. The molecular formula is C16H11F2NO4S. The number of sulfone groups is 1. The van der Waals surface area contributed by atoms with Gasteiger partial charge in [0.15, 0.2) is 4.91 Å².